The van der Waals surface area contributed by atoms with Gasteiger partial charge in [0.05, 0.1) is 27.2 Å². The van der Waals surface area contributed by atoms with Crippen LogP contribution in [0.1, 0.15) is 24.5 Å². The number of amides is 1. The highest BCUT2D eigenvalue weighted by atomic mass is 16.6. The largest absolute Gasteiger partial charge is 0.381 e. The van der Waals surface area contributed by atoms with Crippen molar-refractivity contribution in [3.05, 3.63) is 92.0 Å². The summed E-state index contributed by atoms with van der Waals surface area (Å²) in [5.41, 5.74) is 0.0346. The van der Waals surface area contributed by atoms with Gasteiger partial charge in [0, 0.05) is 24.7 Å². The standard InChI is InChI=1S/C23H19N7O5/c1-2-22(31)26-20-11-17(25-14-15-6-4-3-5-7-15)8-9-19(20)27-28-23-16(13-24)10-18(29(32)33)12-21(23)30(34)35/h3-12,25H,2,14H2,1H3,(H,26,31). The molecule has 2 N–H and O–H groups in total. The summed E-state index contributed by atoms with van der Waals surface area (Å²) in [4.78, 5) is 32.9. The van der Waals surface area contributed by atoms with Gasteiger partial charge in [-0.15, -0.1) is 10.2 Å². The minimum atomic E-state index is -0.876. The van der Waals surface area contributed by atoms with Gasteiger partial charge < -0.3 is 10.6 Å². The third-order valence-corrected chi connectivity index (χ3v) is 4.79. The van der Waals surface area contributed by atoms with Crippen molar-refractivity contribution in [3.63, 3.8) is 0 Å². The Morgan fingerprint density at radius 1 is 1.03 bits per heavy atom. The molecule has 3 rings (SSSR count). The molecule has 0 fully saturated rings. The summed E-state index contributed by atoms with van der Waals surface area (Å²) in [6.07, 6.45) is 0.199. The van der Waals surface area contributed by atoms with Crippen LogP contribution in [-0.2, 0) is 11.3 Å². The summed E-state index contributed by atoms with van der Waals surface area (Å²) in [5.74, 6) is -0.291. The number of carbonyl (C=O) groups excluding carboxylic acids is 1. The van der Waals surface area contributed by atoms with Crippen LogP contribution in [0.25, 0.3) is 0 Å². The number of rotatable bonds is 9. The molecular weight excluding hydrogens is 454 g/mol. The van der Waals surface area contributed by atoms with Gasteiger partial charge in [-0.05, 0) is 23.8 Å². The van der Waals surface area contributed by atoms with E-state index < -0.39 is 26.9 Å². The Morgan fingerprint density at radius 3 is 2.40 bits per heavy atom. The molecule has 3 aromatic rings. The van der Waals surface area contributed by atoms with E-state index in [4.69, 9.17) is 0 Å². The number of nitrogens with zero attached hydrogens (tertiary/aromatic N) is 5. The number of nitro groups is 2. The molecule has 0 saturated carbocycles. The van der Waals surface area contributed by atoms with Crippen LogP contribution >= 0.6 is 0 Å². The van der Waals surface area contributed by atoms with Crippen LogP contribution in [0.15, 0.2) is 70.9 Å². The Hall–Kier alpha value is -5.18. The van der Waals surface area contributed by atoms with Gasteiger partial charge in [0.2, 0.25) is 5.91 Å². The third-order valence-electron chi connectivity index (χ3n) is 4.79. The minimum Gasteiger partial charge on any atom is -0.381 e. The summed E-state index contributed by atoms with van der Waals surface area (Å²) < 4.78 is 0. The predicted octanol–water partition coefficient (Wildman–Crippen LogP) is 5.75. The van der Waals surface area contributed by atoms with Gasteiger partial charge in [-0.1, -0.05) is 37.3 Å². The summed E-state index contributed by atoms with van der Waals surface area (Å²) >= 11 is 0. The Morgan fingerprint density at radius 2 is 1.77 bits per heavy atom. The maximum atomic E-state index is 12.0. The number of hydrogen-bond donors (Lipinski definition) is 2. The predicted molar refractivity (Wildman–Crippen MR) is 128 cm³/mol. The first-order chi connectivity index (χ1) is 16.8. The lowest BCUT2D eigenvalue weighted by Gasteiger charge is -2.11. The lowest BCUT2D eigenvalue weighted by molar-refractivity contribution is -0.393. The summed E-state index contributed by atoms with van der Waals surface area (Å²) in [5, 5.41) is 45.7. The van der Waals surface area contributed by atoms with E-state index in [1.807, 2.05) is 30.3 Å². The number of nitriles is 1. The quantitative estimate of drug-likeness (QED) is 0.226. The van der Waals surface area contributed by atoms with Crippen molar-refractivity contribution < 1.29 is 14.6 Å². The topological polar surface area (TPSA) is 176 Å². The van der Waals surface area contributed by atoms with Crippen molar-refractivity contribution in [2.75, 3.05) is 10.6 Å². The zero-order valence-electron chi connectivity index (χ0n) is 18.5. The molecule has 176 valence electrons. The molecule has 0 radical (unpaired) electrons. The second-order valence-corrected chi connectivity index (χ2v) is 7.16. The van der Waals surface area contributed by atoms with Crippen molar-refractivity contribution in [1.82, 2.24) is 0 Å². The van der Waals surface area contributed by atoms with Crippen molar-refractivity contribution >= 4 is 40.0 Å². The lowest BCUT2D eigenvalue weighted by atomic mass is 10.1. The highest BCUT2D eigenvalue weighted by molar-refractivity contribution is 5.94. The van der Waals surface area contributed by atoms with Gasteiger partial charge in [0.25, 0.3) is 5.69 Å². The molecule has 0 aliphatic heterocycles. The van der Waals surface area contributed by atoms with Crippen LogP contribution in [0.2, 0.25) is 0 Å². The van der Waals surface area contributed by atoms with Crippen LogP contribution in [0.4, 0.5) is 34.1 Å². The Bertz CT molecular complexity index is 1350. The Labute approximate surface area is 199 Å². The van der Waals surface area contributed by atoms with Crippen molar-refractivity contribution in [1.29, 1.82) is 5.26 Å². The van der Waals surface area contributed by atoms with Crippen LogP contribution in [0.5, 0.6) is 0 Å². The first-order valence-electron chi connectivity index (χ1n) is 10.3. The highest BCUT2D eigenvalue weighted by Crippen LogP contribution is 2.37. The monoisotopic (exact) mass is 473 g/mol. The average molecular weight is 473 g/mol. The van der Waals surface area contributed by atoms with Crippen molar-refractivity contribution in [2.24, 2.45) is 10.2 Å². The maximum Gasteiger partial charge on any atom is 0.304 e. The van der Waals surface area contributed by atoms with Gasteiger partial charge >= 0.3 is 5.69 Å². The number of anilines is 2. The molecule has 0 unspecified atom stereocenters. The summed E-state index contributed by atoms with van der Waals surface area (Å²) in [6, 6.07) is 17.8. The van der Waals surface area contributed by atoms with Crippen LogP contribution in [0.3, 0.4) is 0 Å². The van der Waals surface area contributed by atoms with E-state index in [2.05, 4.69) is 20.9 Å². The molecule has 0 saturated heterocycles. The van der Waals surface area contributed by atoms with E-state index in [-0.39, 0.29) is 23.6 Å². The number of carbonyl (C=O) groups is 1. The fourth-order valence-electron chi connectivity index (χ4n) is 3.01. The molecule has 0 bridgehead atoms. The molecule has 0 aliphatic rings. The fraction of sp³-hybridized carbons (Fsp3) is 0.130. The fourth-order valence-corrected chi connectivity index (χ4v) is 3.01. The summed E-state index contributed by atoms with van der Waals surface area (Å²) in [7, 11) is 0. The zero-order valence-corrected chi connectivity index (χ0v) is 18.5. The van der Waals surface area contributed by atoms with Crippen molar-refractivity contribution in [2.45, 2.75) is 19.9 Å². The van der Waals surface area contributed by atoms with Gasteiger partial charge in [0.15, 0.2) is 5.69 Å². The lowest BCUT2D eigenvalue weighted by Crippen LogP contribution is -2.10. The van der Waals surface area contributed by atoms with Crippen LogP contribution < -0.4 is 10.6 Å². The summed E-state index contributed by atoms with van der Waals surface area (Å²) in [6.45, 7) is 2.21. The first-order valence-corrected chi connectivity index (χ1v) is 10.3. The molecule has 35 heavy (non-hydrogen) atoms. The molecule has 0 heterocycles. The molecule has 0 atom stereocenters. The van der Waals surface area contributed by atoms with E-state index in [0.29, 0.717) is 24.0 Å². The third kappa shape index (κ3) is 6.20. The SMILES string of the molecule is CCC(=O)Nc1cc(NCc2ccccc2)ccc1N=Nc1c(C#N)cc([N+](=O)[O-])cc1[N+](=O)[O-]. The molecular formula is C23H19N7O5. The van der Waals surface area contributed by atoms with E-state index in [1.165, 1.54) is 0 Å². The Balaban J connectivity index is 1.98. The number of azo groups is 1. The molecule has 0 aromatic heterocycles. The minimum absolute atomic E-state index is 0.175. The van der Waals surface area contributed by atoms with E-state index in [1.54, 1.807) is 31.2 Å². The van der Waals surface area contributed by atoms with Gasteiger partial charge in [-0.2, -0.15) is 5.26 Å². The van der Waals surface area contributed by atoms with Gasteiger partial charge in [-0.3, -0.25) is 25.0 Å². The number of nitrogens with one attached hydrogen (secondary N) is 2. The molecule has 0 spiro atoms. The number of benzene rings is 3. The molecule has 1 amide bonds. The Kier molecular flexibility index (Phi) is 7.76. The first kappa shape index (κ1) is 24.5. The number of non-ortho nitro benzene ring substituents is 1. The molecule has 12 nitrogen and oxygen atoms in total. The smallest absolute Gasteiger partial charge is 0.304 e. The van der Waals surface area contributed by atoms with Gasteiger partial charge in [0.1, 0.15) is 11.8 Å². The normalized spacial score (nSPS) is 10.5. The molecule has 3 aromatic carbocycles. The highest BCUT2D eigenvalue weighted by Gasteiger charge is 2.24. The van der Waals surface area contributed by atoms with E-state index in [0.717, 1.165) is 11.6 Å². The van der Waals surface area contributed by atoms with E-state index in [9.17, 15) is 30.3 Å². The zero-order chi connectivity index (χ0) is 25.4. The van der Waals surface area contributed by atoms with E-state index >= 15 is 0 Å². The average Bonchev–Trinajstić information content (AvgIpc) is 2.86. The maximum absolute atomic E-state index is 12.0. The van der Waals surface area contributed by atoms with Gasteiger partial charge in [-0.25, -0.2) is 0 Å². The molecule has 12 heteroatoms. The number of hydrogen-bond acceptors (Lipinski definition) is 9. The van der Waals surface area contributed by atoms with Crippen LogP contribution in [-0.4, -0.2) is 15.8 Å². The van der Waals surface area contributed by atoms with Crippen molar-refractivity contribution in [3.8, 4) is 6.07 Å². The second kappa shape index (κ2) is 11.1. The molecule has 0 aliphatic carbocycles. The second-order valence-electron chi connectivity index (χ2n) is 7.16. The van der Waals surface area contributed by atoms with Crippen LogP contribution in [0, 0.1) is 31.6 Å². The number of nitro benzene ring substituents is 2.